The third kappa shape index (κ3) is 6.45. The minimum atomic E-state index is -5.19. The molecule has 0 N–H and O–H groups in total. The average Bonchev–Trinajstić information content (AvgIpc) is 2.95. The molecule has 0 bridgehead atoms. The van der Waals surface area contributed by atoms with Crippen molar-refractivity contribution in [1.29, 1.82) is 0 Å². The second kappa shape index (κ2) is 9.20. The van der Waals surface area contributed by atoms with E-state index < -0.39 is 59.0 Å². The quantitative estimate of drug-likeness (QED) is 0.327. The van der Waals surface area contributed by atoms with Gasteiger partial charge in [0.15, 0.2) is 0 Å². The fourth-order valence-electron chi connectivity index (χ4n) is 3.36. The zero-order valence-electron chi connectivity index (χ0n) is 17.3. The third-order valence-corrected chi connectivity index (χ3v) is 5.25. The zero-order valence-corrected chi connectivity index (χ0v) is 18.1. The maximum atomic E-state index is 13.4. The Kier molecular flexibility index (Phi) is 7.08. The summed E-state index contributed by atoms with van der Waals surface area (Å²) in [7, 11) is 0. The summed E-state index contributed by atoms with van der Waals surface area (Å²) < 4.78 is 159. The fourth-order valence-corrected chi connectivity index (χ4v) is 3.60. The Labute approximate surface area is 200 Å². The van der Waals surface area contributed by atoms with Crippen molar-refractivity contribution in [1.82, 2.24) is 0 Å². The van der Waals surface area contributed by atoms with Crippen LogP contribution in [0.1, 0.15) is 23.1 Å². The van der Waals surface area contributed by atoms with Crippen LogP contribution in [0.25, 0.3) is 16.7 Å². The summed E-state index contributed by atoms with van der Waals surface area (Å²) in [6, 6.07) is 3.66. The maximum absolute atomic E-state index is 13.4. The lowest BCUT2D eigenvalue weighted by Crippen LogP contribution is -2.14. The summed E-state index contributed by atoms with van der Waals surface area (Å²) in [6.45, 7) is 0. The molecule has 1 aliphatic rings. The van der Waals surface area contributed by atoms with Crippen LogP contribution in [0.4, 0.5) is 52.7 Å². The van der Waals surface area contributed by atoms with E-state index in [1.54, 1.807) is 0 Å². The predicted octanol–water partition coefficient (Wildman–Crippen LogP) is 9.81. The molecule has 0 heterocycles. The van der Waals surface area contributed by atoms with Crippen LogP contribution in [0, 0.1) is 0 Å². The normalized spacial score (nSPS) is 15.8. The smallest absolute Gasteiger partial charge is 0.166 e. The summed E-state index contributed by atoms with van der Waals surface area (Å²) in [4.78, 5) is 0. The van der Waals surface area contributed by atoms with Gasteiger partial charge in [-0.2, -0.15) is 52.7 Å². The van der Waals surface area contributed by atoms with Gasteiger partial charge in [0.2, 0.25) is 0 Å². The van der Waals surface area contributed by atoms with Gasteiger partial charge in [0.05, 0.1) is 22.3 Å². The SMILES string of the molecule is FC(F)(F)C1=CCC(c2cc(Cl)cc(-c3cc(C(F)(F)F)cc(C(F)(F)F)c3)c2)=CC(C(F)(F)F)=C1. The Hall–Kier alpha value is -2.89. The van der Waals surface area contributed by atoms with Gasteiger partial charge in [0.1, 0.15) is 0 Å². The highest BCUT2D eigenvalue weighted by molar-refractivity contribution is 6.31. The van der Waals surface area contributed by atoms with Crippen molar-refractivity contribution in [3.05, 3.63) is 87.5 Å². The second-order valence-corrected chi connectivity index (χ2v) is 8.09. The Morgan fingerprint density at radius 1 is 0.500 bits per heavy atom. The maximum Gasteiger partial charge on any atom is 0.416 e. The summed E-state index contributed by atoms with van der Waals surface area (Å²) in [5.74, 6) is 0. The van der Waals surface area contributed by atoms with Gasteiger partial charge in [0.25, 0.3) is 0 Å². The van der Waals surface area contributed by atoms with Gasteiger partial charge in [-0.3, -0.25) is 0 Å². The molecule has 2 aromatic rings. The van der Waals surface area contributed by atoms with Gasteiger partial charge >= 0.3 is 24.7 Å². The first-order valence-corrected chi connectivity index (χ1v) is 10.0. The number of allylic oxidation sites excluding steroid dienone is 6. The van der Waals surface area contributed by atoms with Crippen molar-refractivity contribution in [3.8, 4) is 11.1 Å². The summed E-state index contributed by atoms with van der Waals surface area (Å²) in [5.41, 5.74) is -7.99. The molecular formula is C23H11ClF12. The molecule has 0 nitrogen and oxygen atoms in total. The van der Waals surface area contributed by atoms with E-state index in [0.717, 1.165) is 18.2 Å². The molecular weight excluding hydrogens is 540 g/mol. The van der Waals surface area contributed by atoms with Crippen molar-refractivity contribution in [3.63, 3.8) is 0 Å². The van der Waals surface area contributed by atoms with Gasteiger partial charge in [-0.1, -0.05) is 17.7 Å². The van der Waals surface area contributed by atoms with Crippen LogP contribution in [0.2, 0.25) is 5.02 Å². The average molecular weight is 551 g/mol. The van der Waals surface area contributed by atoms with E-state index in [1.165, 1.54) is 0 Å². The highest BCUT2D eigenvalue weighted by Crippen LogP contribution is 2.42. The van der Waals surface area contributed by atoms with Gasteiger partial charge in [0, 0.05) is 5.02 Å². The molecule has 1 aliphatic carbocycles. The van der Waals surface area contributed by atoms with E-state index in [2.05, 4.69) is 0 Å². The molecule has 0 aliphatic heterocycles. The monoisotopic (exact) mass is 550 g/mol. The number of halogens is 13. The van der Waals surface area contributed by atoms with E-state index >= 15 is 0 Å². The Bertz CT molecular complexity index is 1220. The van der Waals surface area contributed by atoms with Crippen molar-refractivity contribution >= 4 is 17.2 Å². The molecule has 0 aromatic heterocycles. The molecule has 13 heteroatoms. The number of alkyl halides is 12. The first kappa shape index (κ1) is 27.7. The van der Waals surface area contributed by atoms with Crippen LogP contribution in [-0.4, -0.2) is 12.4 Å². The van der Waals surface area contributed by atoms with Crippen LogP contribution in [0.3, 0.4) is 0 Å². The van der Waals surface area contributed by atoms with E-state index in [-0.39, 0.29) is 33.9 Å². The lowest BCUT2D eigenvalue weighted by atomic mass is 9.94. The van der Waals surface area contributed by atoms with Crippen LogP contribution in [0.5, 0.6) is 0 Å². The topological polar surface area (TPSA) is 0 Å². The van der Waals surface area contributed by atoms with Crippen molar-refractivity contribution in [2.24, 2.45) is 0 Å². The Balaban J connectivity index is 2.20. The first-order chi connectivity index (χ1) is 16.2. The minimum Gasteiger partial charge on any atom is -0.166 e. The minimum absolute atomic E-state index is 0.0964. The molecule has 0 saturated heterocycles. The Morgan fingerprint density at radius 2 is 0.972 bits per heavy atom. The lowest BCUT2D eigenvalue weighted by Gasteiger charge is -2.16. The van der Waals surface area contributed by atoms with Gasteiger partial charge in [-0.15, -0.1) is 0 Å². The molecule has 0 amide bonds. The molecule has 0 fully saturated rings. The summed E-state index contributed by atoms with van der Waals surface area (Å²) >= 11 is 5.94. The van der Waals surface area contributed by atoms with E-state index in [9.17, 15) is 52.7 Å². The van der Waals surface area contributed by atoms with Crippen LogP contribution in [0.15, 0.2) is 65.8 Å². The van der Waals surface area contributed by atoms with Gasteiger partial charge in [-0.05, 0) is 77.2 Å². The lowest BCUT2D eigenvalue weighted by molar-refractivity contribution is -0.143. The van der Waals surface area contributed by atoms with E-state index in [1.807, 2.05) is 0 Å². The van der Waals surface area contributed by atoms with Gasteiger partial charge < -0.3 is 0 Å². The molecule has 36 heavy (non-hydrogen) atoms. The molecule has 194 valence electrons. The van der Waals surface area contributed by atoms with Gasteiger partial charge in [-0.25, -0.2) is 0 Å². The summed E-state index contributed by atoms with van der Waals surface area (Å²) in [6.07, 6.45) is -20.5. The molecule has 0 radical (unpaired) electrons. The molecule has 2 aromatic carbocycles. The standard InChI is InChI=1S/C23H11ClF12/c24-19-7-12(11-1-2-15(20(25,26)27)9-16(4-11)21(28,29)30)3-13(8-19)14-5-17(22(31,32)33)10-18(6-14)23(34,35)36/h2-10H,1H2. The molecule has 0 unspecified atom stereocenters. The summed E-state index contributed by atoms with van der Waals surface area (Å²) in [5, 5.41) is -0.281. The van der Waals surface area contributed by atoms with Crippen LogP contribution < -0.4 is 0 Å². The Morgan fingerprint density at radius 3 is 1.44 bits per heavy atom. The first-order valence-electron chi connectivity index (χ1n) is 9.63. The highest BCUT2D eigenvalue weighted by Gasteiger charge is 2.39. The van der Waals surface area contributed by atoms with Crippen LogP contribution in [-0.2, 0) is 12.4 Å². The number of rotatable bonds is 2. The van der Waals surface area contributed by atoms with Crippen molar-refractivity contribution < 1.29 is 52.7 Å². The highest BCUT2D eigenvalue weighted by atomic mass is 35.5. The van der Waals surface area contributed by atoms with E-state index in [4.69, 9.17) is 11.6 Å². The zero-order chi connectivity index (χ0) is 27.3. The number of hydrogen-bond acceptors (Lipinski definition) is 0. The molecule has 0 saturated carbocycles. The molecule has 0 atom stereocenters. The molecule has 3 rings (SSSR count). The van der Waals surface area contributed by atoms with Crippen molar-refractivity contribution in [2.75, 3.05) is 0 Å². The van der Waals surface area contributed by atoms with Crippen LogP contribution >= 0.6 is 11.6 Å². The fraction of sp³-hybridized carbons (Fsp3) is 0.217. The predicted molar refractivity (Wildman–Crippen MR) is 108 cm³/mol. The van der Waals surface area contributed by atoms with E-state index in [0.29, 0.717) is 24.3 Å². The van der Waals surface area contributed by atoms with Crippen molar-refractivity contribution in [2.45, 2.75) is 31.1 Å². The third-order valence-electron chi connectivity index (χ3n) is 5.03. The molecule has 0 spiro atoms. The second-order valence-electron chi connectivity index (χ2n) is 7.65. The number of hydrogen-bond donors (Lipinski definition) is 0. The number of benzene rings is 2. The largest absolute Gasteiger partial charge is 0.416 e.